The fourth-order valence-electron chi connectivity index (χ4n) is 4.15. The quantitative estimate of drug-likeness (QED) is 0.636. The van der Waals surface area contributed by atoms with E-state index < -0.39 is 0 Å². The highest BCUT2D eigenvalue weighted by atomic mass is 16.2. The zero-order valence-corrected chi connectivity index (χ0v) is 19.3. The van der Waals surface area contributed by atoms with Crippen LogP contribution in [0.15, 0.2) is 42.7 Å². The van der Waals surface area contributed by atoms with Crippen molar-refractivity contribution in [3.8, 4) is 11.4 Å². The van der Waals surface area contributed by atoms with Gasteiger partial charge < -0.3 is 20.1 Å². The van der Waals surface area contributed by atoms with Gasteiger partial charge in [-0.2, -0.15) is 0 Å². The summed E-state index contributed by atoms with van der Waals surface area (Å²) >= 11 is 0. The van der Waals surface area contributed by atoms with Crippen molar-refractivity contribution in [3.05, 3.63) is 54.1 Å². The van der Waals surface area contributed by atoms with E-state index in [4.69, 9.17) is 0 Å². The van der Waals surface area contributed by atoms with E-state index >= 15 is 0 Å². The minimum Gasteiger partial charge on any atom is -0.333 e. The summed E-state index contributed by atoms with van der Waals surface area (Å²) in [4.78, 5) is 28.4. The molecule has 1 aromatic carbocycles. The van der Waals surface area contributed by atoms with Gasteiger partial charge in [-0.25, -0.2) is 15.0 Å². The summed E-state index contributed by atoms with van der Waals surface area (Å²) in [6, 6.07) is 10.1. The molecule has 4 rings (SSSR count). The number of hydrogen-bond acceptors (Lipinski definition) is 6. The number of hydrogen-bond donors (Lipinski definition) is 2. The minimum absolute atomic E-state index is 0.0629. The summed E-state index contributed by atoms with van der Waals surface area (Å²) in [5, 5.41) is 6.65. The minimum atomic E-state index is 0.0629. The molecule has 32 heavy (non-hydrogen) atoms. The number of piperazine rings is 1. The number of nitrogens with zero attached hydrogens (tertiary/aromatic N) is 5. The number of aromatic nitrogens is 4. The van der Waals surface area contributed by atoms with Crippen LogP contribution < -0.4 is 10.6 Å². The topological polar surface area (TPSA) is 88.0 Å². The summed E-state index contributed by atoms with van der Waals surface area (Å²) in [6.45, 7) is 12.0. The molecule has 2 N–H and O–H groups in total. The Hall–Kier alpha value is -3.26. The van der Waals surface area contributed by atoms with Crippen LogP contribution in [0.1, 0.15) is 49.9 Å². The average molecular weight is 434 g/mol. The molecule has 1 aliphatic rings. The third-order valence-electron chi connectivity index (χ3n) is 5.83. The van der Waals surface area contributed by atoms with Gasteiger partial charge in [-0.15, -0.1) is 0 Å². The van der Waals surface area contributed by atoms with E-state index in [9.17, 15) is 4.79 Å². The molecule has 0 radical (unpaired) electrons. The van der Waals surface area contributed by atoms with Crippen LogP contribution in [0.3, 0.4) is 0 Å². The smallest absolute Gasteiger partial charge is 0.254 e. The number of rotatable bonds is 5. The summed E-state index contributed by atoms with van der Waals surface area (Å²) in [5.41, 5.74) is 3.28. The maximum atomic E-state index is 13.0. The Balaban J connectivity index is 1.50. The van der Waals surface area contributed by atoms with Crippen molar-refractivity contribution >= 4 is 17.5 Å². The second-order valence-corrected chi connectivity index (χ2v) is 8.74. The van der Waals surface area contributed by atoms with Gasteiger partial charge in [0.15, 0.2) is 0 Å². The molecule has 8 heteroatoms. The Morgan fingerprint density at radius 1 is 1.16 bits per heavy atom. The molecule has 168 valence electrons. The predicted octanol–water partition coefficient (Wildman–Crippen LogP) is 3.80. The van der Waals surface area contributed by atoms with Crippen LogP contribution in [0.4, 0.5) is 11.6 Å². The summed E-state index contributed by atoms with van der Waals surface area (Å²) in [6.07, 6.45) is 3.59. The molecule has 0 saturated carbocycles. The fourth-order valence-corrected chi connectivity index (χ4v) is 4.15. The lowest BCUT2D eigenvalue weighted by molar-refractivity contribution is 0.0616. The first-order valence-electron chi connectivity index (χ1n) is 11.1. The van der Waals surface area contributed by atoms with Crippen molar-refractivity contribution in [2.24, 2.45) is 0 Å². The third-order valence-corrected chi connectivity index (χ3v) is 5.83. The number of amides is 1. The number of imidazole rings is 1. The molecule has 8 nitrogen and oxygen atoms in total. The van der Waals surface area contributed by atoms with Gasteiger partial charge in [0, 0.05) is 48.7 Å². The molecule has 0 aliphatic carbocycles. The van der Waals surface area contributed by atoms with Gasteiger partial charge in [-0.05, 0) is 65.0 Å². The molecule has 0 spiro atoms. The maximum Gasteiger partial charge on any atom is 0.254 e. The number of benzene rings is 1. The summed E-state index contributed by atoms with van der Waals surface area (Å²) < 4.78 is 2.16. The van der Waals surface area contributed by atoms with E-state index in [0.717, 1.165) is 29.4 Å². The molecule has 1 aliphatic heterocycles. The summed E-state index contributed by atoms with van der Waals surface area (Å²) in [7, 11) is 0. The van der Waals surface area contributed by atoms with Gasteiger partial charge in [0.25, 0.3) is 5.91 Å². The second kappa shape index (κ2) is 9.08. The third kappa shape index (κ3) is 4.50. The van der Waals surface area contributed by atoms with Crippen LogP contribution >= 0.6 is 0 Å². The van der Waals surface area contributed by atoms with E-state index in [1.807, 2.05) is 48.4 Å². The first-order chi connectivity index (χ1) is 15.3. The highest BCUT2D eigenvalue weighted by Crippen LogP contribution is 2.24. The monoisotopic (exact) mass is 433 g/mol. The first kappa shape index (κ1) is 22.0. The Bertz CT molecular complexity index is 1090. The zero-order chi connectivity index (χ0) is 22.8. The molecular formula is C24H31N7O. The molecule has 3 aromatic rings. The highest BCUT2D eigenvalue weighted by Gasteiger charge is 2.27. The highest BCUT2D eigenvalue weighted by molar-refractivity contribution is 5.95. The van der Waals surface area contributed by atoms with Crippen molar-refractivity contribution in [1.29, 1.82) is 0 Å². The van der Waals surface area contributed by atoms with Crippen LogP contribution in [-0.2, 0) is 0 Å². The van der Waals surface area contributed by atoms with Crippen molar-refractivity contribution in [1.82, 2.24) is 29.7 Å². The van der Waals surface area contributed by atoms with Crippen LogP contribution in [0.25, 0.3) is 11.4 Å². The lowest BCUT2D eigenvalue weighted by Gasteiger charge is -2.37. The number of carbonyl (C=O) groups excluding carboxylic acids is 1. The van der Waals surface area contributed by atoms with Crippen LogP contribution in [-0.4, -0.2) is 55.5 Å². The van der Waals surface area contributed by atoms with Gasteiger partial charge in [0.05, 0.1) is 17.6 Å². The van der Waals surface area contributed by atoms with Crippen molar-refractivity contribution in [3.63, 3.8) is 0 Å². The van der Waals surface area contributed by atoms with Gasteiger partial charge in [0.2, 0.25) is 5.95 Å². The Morgan fingerprint density at radius 3 is 2.62 bits per heavy atom. The Morgan fingerprint density at radius 2 is 1.91 bits per heavy atom. The van der Waals surface area contributed by atoms with Crippen molar-refractivity contribution in [2.45, 2.75) is 52.7 Å². The lowest BCUT2D eigenvalue weighted by atomic mass is 10.1. The molecule has 1 fully saturated rings. The largest absolute Gasteiger partial charge is 0.333 e. The molecule has 0 unspecified atom stereocenters. The maximum absolute atomic E-state index is 13.0. The second-order valence-electron chi connectivity index (χ2n) is 8.74. The molecule has 2 atom stereocenters. The van der Waals surface area contributed by atoms with Gasteiger partial charge >= 0.3 is 0 Å². The van der Waals surface area contributed by atoms with Gasteiger partial charge in [-0.1, -0.05) is 0 Å². The molecule has 0 bridgehead atoms. The zero-order valence-electron chi connectivity index (χ0n) is 19.3. The summed E-state index contributed by atoms with van der Waals surface area (Å²) in [5.74, 6) is 1.52. The number of carbonyl (C=O) groups is 1. The number of aryl methyl sites for hydroxylation is 1. The normalized spacial score (nSPS) is 18.8. The lowest BCUT2D eigenvalue weighted by Crippen LogP contribution is -2.56. The van der Waals surface area contributed by atoms with E-state index in [-0.39, 0.29) is 18.0 Å². The van der Waals surface area contributed by atoms with Gasteiger partial charge in [0.1, 0.15) is 5.82 Å². The predicted molar refractivity (Wildman–Crippen MR) is 126 cm³/mol. The average Bonchev–Trinajstić information content (AvgIpc) is 3.17. The SMILES string of the molecule is Cc1ncc(-c2ccnc(Nc3ccc(C(=O)N4C[C@H](C)NC[C@H]4C)cc3)n2)n1C(C)C. The Kier molecular flexibility index (Phi) is 6.23. The van der Waals surface area contributed by atoms with Gasteiger partial charge in [-0.3, -0.25) is 4.79 Å². The first-order valence-corrected chi connectivity index (χ1v) is 11.1. The van der Waals surface area contributed by atoms with E-state index in [2.05, 4.69) is 57.8 Å². The van der Waals surface area contributed by atoms with Crippen LogP contribution in [0.5, 0.6) is 0 Å². The van der Waals surface area contributed by atoms with Crippen molar-refractivity contribution in [2.75, 3.05) is 18.4 Å². The molecule has 1 saturated heterocycles. The van der Waals surface area contributed by atoms with Crippen molar-refractivity contribution < 1.29 is 4.79 Å². The fraction of sp³-hybridized carbons (Fsp3) is 0.417. The standard InChI is InChI=1S/C24H31N7O/c1-15(2)31-18(5)27-13-22(31)21-10-11-25-24(29-21)28-20-8-6-19(7-9-20)23(32)30-14-16(3)26-12-17(30)4/h6-11,13,15-17,26H,12,14H2,1-5H3,(H,25,28,29)/t16-,17+/m0/s1. The Labute approximate surface area is 189 Å². The van der Waals surface area contributed by atoms with Crippen LogP contribution in [0.2, 0.25) is 0 Å². The van der Waals surface area contributed by atoms with E-state index in [0.29, 0.717) is 24.1 Å². The van der Waals surface area contributed by atoms with Crippen LogP contribution in [0, 0.1) is 6.92 Å². The molecular weight excluding hydrogens is 402 g/mol. The molecule has 1 amide bonds. The molecule has 3 heterocycles. The number of anilines is 2. The molecule has 2 aromatic heterocycles. The number of nitrogens with one attached hydrogen (secondary N) is 2. The van der Waals surface area contributed by atoms with E-state index in [1.165, 1.54) is 0 Å². The van der Waals surface area contributed by atoms with E-state index in [1.54, 1.807) is 6.20 Å².